The number of terminal acetylenes is 1. The third kappa shape index (κ3) is 4.75. The lowest BCUT2D eigenvalue weighted by molar-refractivity contribution is 0.0336. The first kappa shape index (κ1) is 21.5. The average Bonchev–Trinajstić information content (AvgIpc) is 2.64. The second kappa shape index (κ2) is 8.51. The molecule has 3 N–H and O–H groups in total. The van der Waals surface area contributed by atoms with Crippen molar-refractivity contribution in [3.05, 3.63) is 35.2 Å². The normalized spacial score (nSPS) is 22.6. The Bertz CT molecular complexity index is 826. The zero-order valence-corrected chi connectivity index (χ0v) is 17.2. The molecule has 2 atom stereocenters. The Hall–Kier alpha value is -2.75. The van der Waals surface area contributed by atoms with Crippen LogP contribution in [0.4, 0.5) is 4.39 Å². The van der Waals surface area contributed by atoms with Gasteiger partial charge in [-0.05, 0) is 31.6 Å². The van der Waals surface area contributed by atoms with Crippen molar-refractivity contribution in [2.24, 2.45) is 27.1 Å². The van der Waals surface area contributed by atoms with Gasteiger partial charge in [-0.25, -0.2) is 19.4 Å². The third-order valence-corrected chi connectivity index (χ3v) is 5.52. The molecule has 1 heterocycles. The fourth-order valence-corrected chi connectivity index (χ4v) is 3.22. The number of alkyl halides is 1. The molecule has 0 aromatic carbocycles. The minimum Gasteiger partial charge on any atom is -0.390 e. The van der Waals surface area contributed by atoms with Gasteiger partial charge in [0.2, 0.25) is 0 Å². The number of rotatable bonds is 7. The molecule has 1 aromatic rings. The number of hydrogen-bond donors (Lipinski definition) is 2. The van der Waals surface area contributed by atoms with Crippen molar-refractivity contribution in [2.45, 2.75) is 59.3 Å². The van der Waals surface area contributed by atoms with E-state index >= 15 is 0 Å². The van der Waals surface area contributed by atoms with Gasteiger partial charge >= 0.3 is 0 Å². The van der Waals surface area contributed by atoms with Crippen molar-refractivity contribution >= 4 is 12.6 Å². The van der Waals surface area contributed by atoms with Crippen LogP contribution >= 0.6 is 0 Å². The van der Waals surface area contributed by atoms with Crippen molar-refractivity contribution in [1.82, 2.24) is 15.3 Å². The Balaban J connectivity index is 2.22. The van der Waals surface area contributed by atoms with Gasteiger partial charge in [-0.2, -0.15) is 0 Å². The largest absolute Gasteiger partial charge is 0.390 e. The van der Waals surface area contributed by atoms with E-state index in [1.54, 1.807) is 12.4 Å². The van der Waals surface area contributed by atoms with Crippen molar-refractivity contribution in [3.63, 3.8) is 0 Å². The Morgan fingerprint density at radius 2 is 2.25 bits per heavy atom. The number of aliphatic imine (C=N–C) groups is 2. The standard InChI is InChI=1S/C21H29FN6/c1-7-15(19(26-12-23)28-17-8-14(2)20(17,3)4)9-24-10-16-11-25-13-27-18(16)21(5,6)22/h1,9,11-14,17,28H,8,10H2,2-6H3,(H2,23,26)/b19-15+,24-9-. The zero-order valence-electron chi connectivity index (χ0n) is 17.2. The smallest absolute Gasteiger partial charge is 0.147 e. The molecule has 0 bridgehead atoms. The lowest BCUT2D eigenvalue weighted by Crippen LogP contribution is -2.55. The highest BCUT2D eigenvalue weighted by molar-refractivity contribution is 5.85. The molecule has 1 aliphatic carbocycles. The van der Waals surface area contributed by atoms with Crippen molar-refractivity contribution in [3.8, 4) is 12.3 Å². The fourth-order valence-electron chi connectivity index (χ4n) is 3.22. The van der Waals surface area contributed by atoms with E-state index in [-0.39, 0.29) is 18.0 Å². The summed E-state index contributed by atoms with van der Waals surface area (Å²) in [6.07, 6.45) is 12.4. The summed E-state index contributed by atoms with van der Waals surface area (Å²) >= 11 is 0. The van der Waals surface area contributed by atoms with E-state index in [1.807, 2.05) is 0 Å². The van der Waals surface area contributed by atoms with Crippen LogP contribution in [0.2, 0.25) is 0 Å². The predicted molar refractivity (Wildman–Crippen MR) is 111 cm³/mol. The molecule has 0 radical (unpaired) electrons. The number of nitrogens with zero attached hydrogens (tertiary/aromatic N) is 4. The molecule has 0 saturated heterocycles. The summed E-state index contributed by atoms with van der Waals surface area (Å²) in [5.41, 5.74) is 5.46. The number of aromatic nitrogens is 2. The predicted octanol–water partition coefficient (Wildman–Crippen LogP) is 3.11. The Morgan fingerprint density at radius 3 is 2.79 bits per heavy atom. The topological polar surface area (TPSA) is 88.5 Å². The number of halogens is 1. The summed E-state index contributed by atoms with van der Waals surface area (Å²) in [4.78, 5) is 16.6. The average molecular weight is 385 g/mol. The van der Waals surface area contributed by atoms with Crippen LogP contribution in [-0.2, 0) is 12.2 Å². The van der Waals surface area contributed by atoms with E-state index in [1.165, 1.54) is 26.5 Å². The van der Waals surface area contributed by atoms with E-state index in [0.717, 1.165) is 6.42 Å². The van der Waals surface area contributed by atoms with Crippen LogP contribution in [0.1, 0.15) is 52.3 Å². The molecule has 6 nitrogen and oxygen atoms in total. The number of allylic oxidation sites excluding steroid dienone is 1. The molecular formula is C21H29FN6. The molecule has 0 amide bonds. The van der Waals surface area contributed by atoms with Crippen LogP contribution in [-0.4, -0.2) is 28.6 Å². The summed E-state index contributed by atoms with van der Waals surface area (Å²) < 4.78 is 14.3. The van der Waals surface area contributed by atoms with Gasteiger partial charge in [-0.3, -0.25) is 4.99 Å². The highest BCUT2D eigenvalue weighted by Gasteiger charge is 2.45. The molecule has 1 fully saturated rings. The number of hydrogen-bond acceptors (Lipinski definition) is 5. The summed E-state index contributed by atoms with van der Waals surface area (Å²) in [5, 5.41) is 3.39. The Kier molecular flexibility index (Phi) is 6.55. The van der Waals surface area contributed by atoms with Gasteiger partial charge in [0.1, 0.15) is 17.8 Å². The lowest BCUT2D eigenvalue weighted by Gasteiger charge is -2.51. The number of nitrogens with one attached hydrogen (secondary N) is 1. The zero-order chi connectivity index (χ0) is 20.9. The first-order valence-corrected chi connectivity index (χ1v) is 9.31. The second-order valence-corrected chi connectivity index (χ2v) is 8.18. The van der Waals surface area contributed by atoms with Gasteiger partial charge in [0, 0.05) is 24.0 Å². The van der Waals surface area contributed by atoms with Crippen LogP contribution in [0, 0.1) is 23.7 Å². The minimum atomic E-state index is -1.58. The van der Waals surface area contributed by atoms with Gasteiger partial charge in [-0.15, -0.1) is 6.42 Å². The monoisotopic (exact) mass is 384 g/mol. The molecular weight excluding hydrogens is 355 g/mol. The van der Waals surface area contributed by atoms with Crippen LogP contribution < -0.4 is 11.1 Å². The molecule has 0 spiro atoms. The fraction of sp³-hybridized carbons (Fsp3) is 0.524. The molecule has 2 rings (SSSR count). The van der Waals surface area contributed by atoms with Crippen molar-refractivity contribution in [1.29, 1.82) is 0 Å². The molecule has 1 saturated carbocycles. The minimum absolute atomic E-state index is 0.134. The molecule has 1 aliphatic rings. The summed E-state index contributed by atoms with van der Waals surface area (Å²) in [5.74, 6) is 3.72. The molecule has 150 valence electrons. The molecule has 1 aromatic heterocycles. The van der Waals surface area contributed by atoms with Gasteiger partial charge in [-0.1, -0.05) is 26.7 Å². The van der Waals surface area contributed by atoms with Crippen molar-refractivity contribution < 1.29 is 4.39 Å². The molecule has 2 unspecified atom stereocenters. The SMILES string of the molecule is C#CC(/C=N\Cc1cncnc1C(C)(C)F)=C(/N=C/N)NC1CC(C)C1(C)C. The number of nitrogens with two attached hydrogens (primary N) is 1. The first-order chi connectivity index (χ1) is 13.1. The maximum Gasteiger partial charge on any atom is 0.147 e. The quantitative estimate of drug-likeness (QED) is 0.429. The van der Waals surface area contributed by atoms with Gasteiger partial charge in [0.05, 0.1) is 24.2 Å². The third-order valence-electron chi connectivity index (χ3n) is 5.52. The maximum absolute atomic E-state index is 14.3. The van der Waals surface area contributed by atoms with Gasteiger partial charge in [0.15, 0.2) is 0 Å². The van der Waals surface area contributed by atoms with Crippen LogP contribution in [0.25, 0.3) is 0 Å². The summed E-state index contributed by atoms with van der Waals surface area (Å²) in [6, 6.07) is 0.249. The van der Waals surface area contributed by atoms with E-state index in [0.29, 0.717) is 28.6 Å². The molecule has 0 aliphatic heterocycles. The lowest BCUT2D eigenvalue weighted by atomic mass is 9.59. The van der Waals surface area contributed by atoms with E-state index in [4.69, 9.17) is 12.2 Å². The van der Waals surface area contributed by atoms with Crippen LogP contribution in [0.15, 0.2) is 33.9 Å². The van der Waals surface area contributed by atoms with Crippen LogP contribution in [0.5, 0.6) is 0 Å². The highest BCUT2D eigenvalue weighted by Crippen LogP contribution is 2.46. The van der Waals surface area contributed by atoms with Gasteiger partial charge in [0.25, 0.3) is 0 Å². The van der Waals surface area contributed by atoms with Gasteiger partial charge < -0.3 is 11.1 Å². The second-order valence-electron chi connectivity index (χ2n) is 8.18. The summed E-state index contributed by atoms with van der Waals surface area (Å²) in [7, 11) is 0. The van der Waals surface area contributed by atoms with E-state index in [9.17, 15) is 4.39 Å². The summed E-state index contributed by atoms with van der Waals surface area (Å²) in [6.45, 7) is 9.76. The van der Waals surface area contributed by atoms with E-state index in [2.05, 4.69) is 52.0 Å². The highest BCUT2D eigenvalue weighted by atomic mass is 19.1. The van der Waals surface area contributed by atoms with Crippen molar-refractivity contribution in [2.75, 3.05) is 0 Å². The van der Waals surface area contributed by atoms with E-state index < -0.39 is 5.67 Å². The molecule has 7 heteroatoms. The first-order valence-electron chi connectivity index (χ1n) is 9.31. The Labute approximate surface area is 166 Å². The Morgan fingerprint density at radius 1 is 1.54 bits per heavy atom. The van der Waals surface area contributed by atoms with Crippen LogP contribution in [0.3, 0.4) is 0 Å². The maximum atomic E-state index is 14.3. The molecule has 28 heavy (non-hydrogen) atoms.